The van der Waals surface area contributed by atoms with E-state index >= 15 is 0 Å². The summed E-state index contributed by atoms with van der Waals surface area (Å²) in [4.78, 5) is 41.2. The number of anilines is 2. The number of Topliss-reactive ketones (excluding diaryl/α,β-unsaturated/α-hetero) is 1. The number of piperidine rings is 1. The monoisotopic (exact) mass is 495 g/mol. The fourth-order valence-corrected chi connectivity index (χ4v) is 7.37. The molecular formula is C25H25N3O4S2. The zero-order valence-corrected chi connectivity index (χ0v) is 20.6. The number of thioether (sulfide) groups is 1. The van der Waals surface area contributed by atoms with Gasteiger partial charge in [-0.3, -0.25) is 14.4 Å². The van der Waals surface area contributed by atoms with Gasteiger partial charge < -0.3 is 20.7 Å². The van der Waals surface area contributed by atoms with Gasteiger partial charge in [-0.2, -0.15) is 0 Å². The molecule has 0 saturated carbocycles. The van der Waals surface area contributed by atoms with Crippen molar-refractivity contribution in [3.63, 3.8) is 0 Å². The van der Waals surface area contributed by atoms with E-state index < -0.39 is 0 Å². The van der Waals surface area contributed by atoms with Crippen molar-refractivity contribution in [3.05, 3.63) is 47.5 Å². The predicted octanol–water partition coefficient (Wildman–Crippen LogP) is 4.80. The van der Waals surface area contributed by atoms with Crippen LogP contribution in [0, 0.1) is 0 Å². The number of carbonyl (C=O) groups excluding carboxylic acids is 3. The first-order chi connectivity index (χ1) is 16.3. The van der Waals surface area contributed by atoms with Gasteiger partial charge in [-0.25, -0.2) is 0 Å². The van der Waals surface area contributed by atoms with Crippen LogP contribution in [-0.2, 0) is 4.79 Å². The molecule has 7 nitrogen and oxygen atoms in total. The lowest BCUT2D eigenvalue weighted by molar-refractivity contribution is -0.114. The van der Waals surface area contributed by atoms with E-state index in [0.29, 0.717) is 47.1 Å². The number of nitrogens with one attached hydrogen (secondary N) is 1. The molecule has 1 spiro atoms. The summed E-state index contributed by atoms with van der Waals surface area (Å²) >= 11 is 3.11. The highest BCUT2D eigenvalue weighted by atomic mass is 32.2. The molecule has 2 amide bonds. The molecule has 34 heavy (non-hydrogen) atoms. The number of methoxy groups -OCH3 is 1. The maximum Gasteiger partial charge on any atom is 0.257 e. The molecule has 2 aromatic carbocycles. The summed E-state index contributed by atoms with van der Waals surface area (Å²) in [5, 5.41) is 4.18. The zero-order valence-electron chi connectivity index (χ0n) is 19.0. The van der Waals surface area contributed by atoms with E-state index in [-0.39, 0.29) is 22.3 Å². The minimum atomic E-state index is -0.221. The Hall–Kier alpha value is -3.04. The predicted molar refractivity (Wildman–Crippen MR) is 136 cm³/mol. The maximum atomic E-state index is 13.7. The lowest BCUT2D eigenvalue weighted by Gasteiger charge is -2.43. The van der Waals surface area contributed by atoms with Gasteiger partial charge in [0.25, 0.3) is 5.91 Å². The molecule has 9 heteroatoms. The van der Waals surface area contributed by atoms with Crippen molar-refractivity contribution in [1.29, 1.82) is 0 Å². The van der Waals surface area contributed by atoms with Crippen LogP contribution in [0.4, 0.5) is 10.7 Å². The minimum absolute atomic E-state index is 0.102. The van der Waals surface area contributed by atoms with Crippen LogP contribution < -0.4 is 15.8 Å². The number of rotatable bonds is 3. The van der Waals surface area contributed by atoms with Crippen LogP contribution in [-0.4, -0.2) is 47.4 Å². The second kappa shape index (κ2) is 8.63. The standard InChI is InChI=1S/C25H25N3O4S2/c1-14(29)27-23-22(17-5-4-16(32-2)12-21(17)33-23)24(31)28-9-7-25(8-10-28)13-19(30)18-11-15(26)3-6-20(18)34-25/h3-6,11-12H,7-10,13,26H2,1-2H3,(H,27,29). The fourth-order valence-electron chi connectivity index (χ4n) is 4.73. The number of hydrogen-bond donors (Lipinski definition) is 2. The van der Waals surface area contributed by atoms with Crippen molar-refractivity contribution in [1.82, 2.24) is 4.90 Å². The number of ketones is 1. The maximum absolute atomic E-state index is 13.7. The normalized spacial score (nSPS) is 17.0. The molecule has 2 aliphatic rings. The molecule has 0 bridgehead atoms. The summed E-state index contributed by atoms with van der Waals surface area (Å²) in [6, 6.07) is 11.1. The van der Waals surface area contributed by atoms with Crippen molar-refractivity contribution in [2.45, 2.75) is 35.8 Å². The van der Waals surface area contributed by atoms with E-state index in [4.69, 9.17) is 10.5 Å². The van der Waals surface area contributed by atoms with Crippen molar-refractivity contribution in [2.75, 3.05) is 31.2 Å². The van der Waals surface area contributed by atoms with Gasteiger partial charge in [-0.15, -0.1) is 23.1 Å². The number of thiophene rings is 1. The lowest BCUT2D eigenvalue weighted by atomic mass is 9.87. The van der Waals surface area contributed by atoms with Gasteiger partial charge in [0.05, 0.1) is 12.7 Å². The fraction of sp³-hybridized carbons (Fsp3) is 0.320. The first kappa shape index (κ1) is 22.7. The number of nitrogens with zero attached hydrogens (tertiary/aromatic N) is 1. The topological polar surface area (TPSA) is 102 Å². The number of nitrogen functional groups attached to an aromatic ring is 1. The second-order valence-corrected chi connectivity index (χ2v) is 11.3. The number of carbonyl (C=O) groups is 3. The molecular weight excluding hydrogens is 470 g/mol. The van der Waals surface area contributed by atoms with Crippen molar-refractivity contribution >= 4 is 61.5 Å². The SMILES string of the molecule is COc1ccc2c(C(=O)N3CCC4(CC3)CC(=O)c3cc(N)ccc3S4)c(NC(C)=O)sc2c1. The Morgan fingerprint density at radius 3 is 2.62 bits per heavy atom. The average molecular weight is 496 g/mol. The molecule has 1 fully saturated rings. The van der Waals surface area contributed by atoms with Gasteiger partial charge in [-0.05, 0) is 49.2 Å². The van der Waals surface area contributed by atoms with Gasteiger partial charge in [0, 0.05) is 57.4 Å². The summed E-state index contributed by atoms with van der Waals surface area (Å²) in [7, 11) is 1.60. The number of benzene rings is 2. The lowest BCUT2D eigenvalue weighted by Crippen LogP contribution is -2.47. The molecule has 1 aromatic heterocycles. The second-order valence-electron chi connectivity index (χ2n) is 8.78. The largest absolute Gasteiger partial charge is 0.497 e. The molecule has 3 heterocycles. The van der Waals surface area contributed by atoms with Crippen molar-refractivity contribution in [2.24, 2.45) is 0 Å². The highest BCUT2D eigenvalue weighted by Gasteiger charge is 2.43. The third-order valence-corrected chi connectivity index (χ3v) is 9.11. The Balaban J connectivity index is 1.40. The molecule has 0 aliphatic carbocycles. The van der Waals surface area contributed by atoms with Gasteiger partial charge in [0.2, 0.25) is 5.91 Å². The van der Waals surface area contributed by atoms with E-state index in [1.807, 2.05) is 35.2 Å². The van der Waals surface area contributed by atoms with Crippen molar-refractivity contribution in [3.8, 4) is 5.75 Å². The molecule has 0 radical (unpaired) electrons. The first-order valence-electron chi connectivity index (χ1n) is 11.1. The van der Waals surface area contributed by atoms with Crippen molar-refractivity contribution < 1.29 is 19.1 Å². The van der Waals surface area contributed by atoms with Crippen LogP contribution in [0.15, 0.2) is 41.3 Å². The highest BCUT2D eigenvalue weighted by Crippen LogP contribution is 2.49. The van der Waals surface area contributed by atoms with E-state index in [2.05, 4.69) is 5.32 Å². The third kappa shape index (κ3) is 4.03. The minimum Gasteiger partial charge on any atom is -0.497 e. The van der Waals surface area contributed by atoms with Crippen LogP contribution >= 0.6 is 23.1 Å². The number of fused-ring (bicyclic) bond motifs is 2. The summed E-state index contributed by atoms with van der Waals surface area (Å²) in [5.74, 6) is 0.492. The summed E-state index contributed by atoms with van der Waals surface area (Å²) in [5.41, 5.74) is 7.69. The molecule has 5 rings (SSSR count). The Bertz CT molecular complexity index is 1330. The van der Waals surface area contributed by atoms with Gasteiger partial charge in [0.15, 0.2) is 5.78 Å². The summed E-state index contributed by atoms with van der Waals surface area (Å²) < 4.78 is 5.99. The molecule has 1 saturated heterocycles. The molecule has 0 atom stereocenters. The van der Waals surface area contributed by atoms with Crippen LogP contribution in [0.3, 0.4) is 0 Å². The van der Waals surface area contributed by atoms with Crippen LogP contribution in [0.5, 0.6) is 5.75 Å². The van der Waals surface area contributed by atoms with Crippen LogP contribution in [0.1, 0.15) is 46.9 Å². The van der Waals surface area contributed by atoms with E-state index in [1.54, 1.807) is 24.9 Å². The Labute approximate surface area is 205 Å². The van der Waals surface area contributed by atoms with E-state index in [0.717, 1.165) is 27.8 Å². The molecule has 3 aromatic rings. The number of likely N-dealkylation sites (tertiary alicyclic amines) is 1. The number of hydrogen-bond acceptors (Lipinski definition) is 7. The Morgan fingerprint density at radius 1 is 1.15 bits per heavy atom. The summed E-state index contributed by atoms with van der Waals surface area (Å²) in [6.45, 7) is 2.54. The molecule has 176 valence electrons. The quantitative estimate of drug-likeness (QED) is 0.506. The Morgan fingerprint density at radius 2 is 1.91 bits per heavy atom. The average Bonchev–Trinajstić information content (AvgIpc) is 3.15. The van der Waals surface area contributed by atoms with Gasteiger partial charge in [0.1, 0.15) is 10.8 Å². The van der Waals surface area contributed by atoms with Crippen LogP contribution in [0.25, 0.3) is 10.1 Å². The smallest absolute Gasteiger partial charge is 0.257 e. The molecule has 2 aliphatic heterocycles. The highest BCUT2D eigenvalue weighted by molar-refractivity contribution is 8.01. The molecule has 3 N–H and O–H groups in total. The number of amides is 2. The first-order valence-corrected chi connectivity index (χ1v) is 12.7. The van der Waals surface area contributed by atoms with E-state index in [1.165, 1.54) is 18.3 Å². The Kier molecular flexibility index (Phi) is 5.77. The number of nitrogens with two attached hydrogens (primary N) is 1. The van der Waals surface area contributed by atoms with E-state index in [9.17, 15) is 14.4 Å². The number of ether oxygens (including phenoxy) is 1. The zero-order chi connectivity index (χ0) is 24.0. The van der Waals surface area contributed by atoms with Gasteiger partial charge in [-0.1, -0.05) is 0 Å². The van der Waals surface area contributed by atoms with Gasteiger partial charge >= 0.3 is 0 Å². The van der Waals surface area contributed by atoms with Crippen LogP contribution in [0.2, 0.25) is 0 Å². The molecule has 0 unspecified atom stereocenters. The third-order valence-electron chi connectivity index (χ3n) is 6.48. The summed E-state index contributed by atoms with van der Waals surface area (Å²) in [6.07, 6.45) is 1.91.